The normalized spacial score (nSPS) is 10.4. The van der Waals surface area contributed by atoms with Crippen molar-refractivity contribution in [2.24, 2.45) is 0 Å². The van der Waals surface area contributed by atoms with Gasteiger partial charge in [-0.2, -0.15) is 0 Å². The molecule has 1 aromatic heterocycles. The van der Waals surface area contributed by atoms with Crippen LogP contribution in [0, 0.1) is 0 Å². The van der Waals surface area contributed by atoms with Crippen molar-refractivity contribution in [1.29, 1.82) is 0 Å². The minimum Gasteiger partial charge on any atom is -1.00 e. The molecule has 4 heteroatoms. The molecule has 0 aliphatic heterocycles. The van der Waals surface area contributed by atoms with Crippen LogP contribution in [0.1, 0.15) is 6.92 Å². The van der Waals surface area contributed by atoms with Gasteiger partial charge < -0.3 is 12.4 Å². The first-order valence-corrected chi connectivity index (χ1v) is 7.12. The van der Waals surface area contributed by atoms with Gasteiger partial charge in [-0.3, -0.25) is 0 Å². The van der Waals surface area contributed by atoms with Crippen molar-refractivity contribution in [3.8, 4) is 10.4 Å². The van der Waals surface area contributed by atoms with Crippen molar-refractivity contribution in [3.63, 3.8) is 0 Å². The summed E-state index contributed by atoms with van der Waals surface area (Å²) in [5.41, 5.74) is 2.51. The highest BCUT2D eigenvalue weighted by molar-refractivity contribution is 7.07. The maximum Gasteiger partial charge on any atom is 0.227 e. The third-order valence-electron chi connectivity index (χ3n) is 3.00. The standard InChI is InChI=1S/C15H13ClNS.ClH/c1-2-17-14-9-8-12(16)10-13(14)15(18-17)11-6-4-3-5-7-11;/h3-10H,2H2,1H3;1H/q+1;/p-1. The fourth-order valence-electron chi connectivity index (χ4n) is 2.15. The van der Waals surface area contributed by atoms with Crippen LogP contribution in [-0.2, 0) is 6.54 Å². The fraction of sp³-hybridized carbons (Fsp3) is 0.133. The Kier molecular flexibility index (Phi) is 4.46. The summed E-state index contributed by atoms with van der Waals surface area (Å²) in [6.07, 6.45) is 0. The van der Waals surface area contributed by atoms with E-state index < -0.39 is 0 Å². The number of aryl methyl sites for hydroxylation is 1. The van der Waals surface area contributed by atoms with Crippen molar-refractivity contribution < 1.29 is 16.4 Å². The third kappa shape index (κ3) is 2.62. The summed E-state index contributed by atoms with van der Waals surface area (Å²) < 4.78 is 2.30. The van der Waals surface area contributed by atoms with Gasteiger partial charge in [0.15, 0.2) is 6.54 Å². The molecule has 0 N–H and O–H groups in total. The van der Waals surface area contributed by atoms with Crippen LogP contribution < -0.4 is 16.4 Å². The van der Waals surface area contributed by atoms with E-state index in [0.717, 1.165) is 11.6 Å². The number of halogens is 2. The summed E-state index contributed by atoms with van der Waals surface area (Å²) in [5.74, 6) is 0. The number of benzene rings is 2. The van der Waals surface area contributed by atoms with Crippen molar-refractivity contribution in [1.82, 2.24) is 0 Å². The molecule has 2 aromatic carbocycles. The van der Waals surface area contributed by atoms with E-state index in [1.54, 1.807) is 11.5 Å². The maximum atomic E-state index is 6.13. The molecule has 0 aliphatic carbocycles. The van der Waals surface area contributed by atoms with E-state index in [-0.39, 0.29) is 12.4 Å². The van der Waals surface area contributed by atoms with Crippen LogP contribution in [0.4, 0.5) is 0 Å². The summed E-state index contributed by atoms with van der Waals surface area (Å²) >= 11 is 7.92. The average Bonchev–Trinajstić information content (AvgIpc) is 2.77. The Balaban J connectivity index is 0.00000133. The zero-order chi connectivity index (χ0) is 12.5. The van der Waals surface area contributed by atoms with Crippen LogP contribution in [0.15, 0.2) is 48.5 Å². The fourth-order valence-corrected chi connectivity index (χ4v) is 3.43. The molecular weight excluding hydrogens is 297 g/mol. The lowest BCUT2D eigenvalue weighted by atomic mass is 10.1. The number of rotatable bonds is 2. The van der Waals surface area contributed by atoms with Crippen LogP contribution >= 0.6 is 23.1 Å². The minimum atomic E-state index is 0. The van der Waals surface area contributed by atoms with Crippen molar-refractivity contribution in [2.45, 2.75) is 13.5 Å². The van der Waals surface area contributed by atoms with Crippen LogP contribution in [0.3, 0.4) is 0 Å². The molecule has 0 spiro atoms. The molecule has 0 amide bonds. The van der Waals surface area contributed by atoms with Gasteiger partial charge in [0.2, 0.25) is 5.52 Å². The van der Waals surface area contributed by atoms with Gasteiger partial charge in [0.25, 0.3) is 0 Å². The molecule has 0 fully saturated rings. The summed E-state index contributed by atoms with van der Waals surface area (Å²) in [4.78, 5) is 1.29. The van der Waals surface area contributed by atoms with E-state index in [1.807, 2.05) is 12.1 Å². The number of nitrogens with zero attached hydrogens (tertiary/aromatic N) is 1. The molecule has 0 saturated carbocycles. The highest BCUT2D eigenvalue weighted by Gasteiger charge is 2.18. The first kappa shape index (κ1) is 14.3. The van der Waals surface area contributed by atoms with Crippen LogP contribution in [0.25, 0.3) is 21.3 Å². The van der Waals surface area contributed by atoms with E-state index in [4.69, 9.17) is 11.6 Å². The maximum absolute atomic E-state index is 6.13. The van der Waals surface area contributed by atoms with E-state index in [2.05, 4.69) is 47.3 Å². The van der Waals surface area contributed by atoms with Crippen LogP contribution in [-0.4, -0.2) is 0 Å². The highest BCUT2D eigenvalue weighted by Crippen LogP contribution is 2.32. The Hall–Kier alpha value is -1.09. The van der Waals surface area contributed by atoms with E-state index >= 15 is 0 Å². The quantitative estimate of drug-likeness (QED) is 0.632. The Labute approximate surface area is 128 Å². The molecule has 3 aromatic rings. The molecule has 0 saturated heterocycles. The van der Waals surface area contributed by atoms with Gasteiger partial charge in [0, 0.05) is 11.1 Å². The topological polar surface area (TPSA) is 3.88 Å². The SMILES string of the molecule is CC[n+]1sc(-c2ccccc2)c2cc(Cl)ccc21.[Cl-]. The molecule has 19 heavy (non-hydrogen) atoms. The summed E-state index contributed by atoms with van der Waals surface area (Å²) in [7, 11) is 0. The predicted octanol–water partition coefficient (Wildman–Crippen LogP) is 1.53. The lowest BCUT2D eigenvalue weighted by Gasteiger charge is -1.94. The molecule has 0 radical (unpaired) electrons. The zero-order valence-corrected chi connectivity index (χ0v) is 12.8. The van der Waals surface area contributed by atoms with Gasteiger partial charge >= 0.3 is 0 Å². The number of aromatic nitrogens is 1. The Morgan fingerprint density at radius 2 is 1.84 bits per heavy atom. The lowest BCUT2D eigenvalue weighted by molar-refractivity contribution is -0.598. The highest BCUT2D eigenvalue weighted by atomic mass is 35.5. The molecule has 1 nitrogen and oxygen atoms in total. The van der Waals surface area contributed by atoms with E-state index in [9.17, 15) is 0 Å². The number of hydrogen-bond donors (Lipinski definition) is 0. The third-order valence-corrected chi connectivity index (χ3v) is 4.55. The van der Waals surface area contributed by atoms with Gasteiger partial charge in [0.1, 0.15) is 16.4 Å². The van der Waals surface area contributed by atoms with Gasteiger partial charge in [-0.25, -0.2) is 0 Å². The Bertz CT molecular complexity index is 692. The Morgan fingerprint density at radius 1 is 1.11 bits per heavy atom. The second-order valence-corrected chi connectivity index (χ2v) is 5.61. The van der Waals surface area contributed by atoms with Crippen LogP contribution in [0.2, 0.25) is 5.02 Å². The van der Waals surface area contributed by atoms with Crippen molar-refractivity contribution >= 4 is 34.0 Å². The summed E-state index contributed by atoms with van der Waals surface area (Å²) in [6, 6.07) is 16.6. The second kappa shape index (κ2) is 5.91. The lowest BCUT2D eigenvalue weighted by Crippen LogP contribution is -3.00. The molecule has 0 unspecified atom stereocenters. The number of fused-ring (bicyclic) bond motifs is 1. The smallest absolute Gasteiger partial charge is 0.227 e. The molecule has 3 rings (SSSR count). The van der Waals surface area contributed by atoms with Gasteiger partial charge in [0.05, 0.1) is 5.39 Å². The Morgan fingerprint density at radius 3 is 2.53 bits per heavy atom. The first-order valence-electron chi connectivity index (χ1n) is 5.97. The molecular formula is C15H13Cl2NS. The van der Waals surface area contributed by atoms with Crippen molar-refractivity contribution in [3.05, 3.63) is 53.6 Å². The largest absolute Gasteiger partial charge is 1.00 e. The average molecular weight is 310 g/mol. The first-order chi connectivity index (χ1) is 8.79. The predicted molar refractivity (Wildman–Crippen MR) is 78.1 cm³/mol. The van der Waals surface area contributed by atoms with E-state index in [0.29, 0.717) is 0 Å². The molecule has 0 atom stereocenters. The zero-order valence-electron chi connectivity index (χ0n) is 10.4. The molecule has 1 heterocycles. The second-order valence-electron chi connectivity index (χ2n) is 4.14. The monoisotopic (exact) mass is 309 g/mol. The molecule has 0 bridgehead atoms. The molecule has 98 valence electrons. The number of hydrogen-bond acceptors (Lipinski definition) is 1. The van der Waals surface area contributed by atoms with E-state index in [1.165, 1.54) is 21.3 Å². The van der Waals surface area contributed by atoms with Crippen LogP contribution in [0.5, 0.6) is 0 Å². The van der Waals surface area contributed by atoms with Gasteiger partial charge in [-0.05, 0) is 24.6 Å². The van der Waals surface area contributed by atoms with Gasteiger partial charge in [-0.15, -0.1) is 3.96 Å². The summed E-state index contributed by atoms with van der Waals surface area (Å²) in [5, 5.41) is 2.03. The molecule has 0 aliphatic rings. The summed E-state index contributed by atoms with van der Waals surface area (Å²) in [6.45, 7) is 3.15. The minimum absolute atomic E-state index is 0. The van der Waals surface area contributed by atoms with Gasteiger partial charge in [-0.1, -0.05) is 41.9 Å². The van der Waals surface area contributed by atoms with Crippen molar-refractivity contribution in [2.75, 3.05) is 0 Å².